The number of amides is 1. The Bertz CT molecular complexity index is 1410. The molecule has 40 heavy (non-hydrogen) atoms. The summed E-state index contributed by atoms with van der Waals surface area (Å²) in [5, 5.41) is 13.5. The maximum atomic E-state index is 15.0. The van der Waals surface area contributed by atoms with Gasteiger partial charge in [-0.1, -0.05) is 37.3 Å². The molecule has 3 aromatic carbocycles. The smallest absolute Gasteiger partial charge is 0.254 e. The Morgan fingerprint density at radius 3 is 2.58 bits per heavy atom. The second kappa shape index (κ2) is 12.3. The zero-order valence-electron chi connectivity index (χ0n) is 23.7. The fourth-order valence-electron chi connectivity index (χ4n) is 4.63. The molecular weight excluding hydrogens is 512 g/mol. The van der Waals surface area contributed by atoms with Crippen LogP contribution in [-0.2, 0) is 11.2 Å². The van der Waals surface area contributed by atoms with Crippen LogP contribution >= 0.6 is 0 Å². The zero-order chi connectivity index (χ0) is 29.0. The average Bonchev–Trinajstić information content (AvgIpc) is 3.22. The Hall–Kier alpha value is -3.62. The van der Waals surface area contributed by atoms with E-state index in [1.54, 1.807) is 18.2 Å². The van der Waals surface area contributed by atoms with Crippen molar-refractivity contribution >= 4 is 17.4 Å². The van der Waals surface area contributed by atoms with Gasteiger partial charge in [-0.3, -0.25) is 4.79 Å². The number of aliphatic hydroxyl groups excluding tert-OH is 1. The normalized spacial score (nSPS) is 17.1. The molecule has 2 atom stereocenters. The summed E-state index contributed by atoms with van der Waals surface area (Å²) in [5.74, 6) is -1.10. The Balaban J connectivity index is 1.47. The third-order valence-electron chi connectivity index (χ3n) is 7.58. The van der Waals surface area contributed by atoms with Gasteiger partial charge in [-0.2, -0.15) is 0 Å². The first kappa shape index (κ1) is 29.4. The van der Waals surface area contributed by atoms with Crippen molar-refractivity contribution in [2.45, 2.75) is 58.3 Å². The second-order valence-corrected chi connectivity index (χ2v) is 10.8. The van der Waals surface area contributed by atoms with Gasteiger partial charge in [-0.15, -0.1) is 0 Å². The van der Waals surface area contributed by atoms with E-state index in [0.717, 1.165) is 29.4 Å². The highest BCUT2D eigenvalue weighted by atomic mass is 19.1. The molecule has 2 N–H and O–H groups in total. The Morgan fingerprint density at radius 1 is 1.12 bits per heavy atom. The monoisotopic (exact) mass is 549 g/mol. The number of nitrogens with zero attached hydrogens (tertiary/aromatic N) is 2. The number of amidine groups is 1. The summed E-state index contributed by atoms with van der Waals surface area (Å²) in [5.41, 5.74) is 2.56. The first-order valence-corrected chi connectivity index (χ1v) is 13.6. The van der Waals surface area contributed by atoms with Crippen molar-refractivity contribution in [1.82, 2.24) is 10.2 Å². The molecule has 0 saturated carbocycles. The summed E-state index contributed by atoms with van der Waals surface area (Å²) in [6.45, 7) is 9.40. The van der Waals surface area contributed by atoms with E-state index in [-0.39, 0.29) is 16.7 Å². The number of carbonyl (C=O) groups excluding carboxylic acids is 1. The molecule has 0 bridgehead atoms. The number of fused-ring (bicyclic) bond motifs is 1. The summed E-state index contributed by atoms with van der Waals surface area (Å²) >= 11 is 0. The van der Waals surface area contributed by atoms with Crippen molar-refractivity contribution in [3.63, 3.8) is 0 Å². The van der Waals surface area contributed by atoms with E-state index in [1.807, 2.05) is 37.1 Å². The maximum absolute atomic E-state index is 15.0. The van der Waals surface area contributed by atoms with Gasteiger partial charge in [0.2, 0.25) is 0 Å². The van der Waals surface area contributed by atoms with Crippen LogP contribution in [0.25, 0.3) is 11.1 Å². The molecule has 0 aromatic heterocycles. The zero-order valence-corrected chi connectivity index (χ0v) is 23.7. The van der Waals surface area contributed by atoms with E-state index in [0.29, 0.717) is 30.8 Å². The van der Waals surface area contributed by atoms with E-state index in [9.17, 15) is 18.7 Å². The van der Waals surface area contributed by atoms with Gasteiger partial charge < -0.3 is 20.1 Å². The molecule has 0 spiro atoms. The molecule has 0 heterocycles. The van der Waals surface area contributed by atoms with Crippen LogP contribution in [0.2, 0.25) is 0 Å². The molecule has 0 unspecified atom stereocenters. The number of rotatable bonds is 9. The van der Waals surface area contributed by atoms with Crippen molar-refractivity contribution in [2.75, 3.05) is 20.2 Å². The molecule has 212 valence electrons. The maximum Gasteiger partial charge on any atom is 0.254 e. The third kappa shape index (κ3) is 6.74. The molecule has 0 saturated heterocycles. The van der Waals surface area contributed by atoms with Crippen LogP contribution in [0.3, 0.4) is 0 Å². The molecule has 1 aliphatic carbocycles. The highest BCUT2D eigenvalue weighted by molar-refractivity contribution is 5.95. The van der Waals surface area contributed by atoms with Crippen LogP contribution < -0.4 is 5.32 Å². The van der Waals surface area contributed by atoms with Gasteiger partial charge in [-0.05, 0) is 74.2 Å². The fraction of sp³-hybridized carbons (Fsp3) is 0.375. The van der Waals surface area contributed by atoms with E-state index in [2.05, 4.69) is 26.1 Å². The molecule has 0 aliphatic heterocycles. The molecule has 0 fully saturated rings. The van der Waals surface area contributed by atoms with Crippen LogP contribution in [0.5, 0.6) is 0 Å². The fourth-order valence-corrected chi connectivity index (χ4v) is 4.63. The van der Waals surface area contributed by atoms with Crippen LogP contribution in [0, 0.1) is 11.6 Å². The van der Waals surface area contributed by atoms with Crippen molar-refractivity contribution in [3.05, 3.63) is 89.0 Å². The molecule has 8 heteroatoms. The van der Waals surface area contributed by atoms with Crippen LogP contribution in [0.4, 0.5) is 14.5 Å². The number of ether oxygens (including phenoxy) is 1. The van der Waals surface area contributed by atoms with E-state index in [1.165, 1.54) is 18.2 Å². The van der Waals surface area contributed by atoms with E-state index in [4.69, 9.17) is 9.73 Å². The summed E-state index contributed by atoms with van der Waals surface area (Å²) in [7, 11) is 1.95. The molecule has 1 aliphatic rings. The van der Waals surface area contributed by atoms with Gasteiger partial charge in [0.1, 0.15) is 17.5 Å². The lowest BCUT2D eigenvalue weighted by atomic mass is 10.0. The number of benzene rings is 3. The van der Waals surface area contributed by atoms with Crippen LogP contribution in [0.1, 0.15) is 61.6 Å². The van der Waals surface area contributed by atoms with Gasteiger partial charge >= 0.3 is 0 Å². The van der Waals surface area contributed by atoms with Gasteiger partial charge in [0.25, 0.3) is 5.91 Å². The minimum atomic E-state index is -0.859. The van der Waals surface area contributed by atoms with Crippen molar-refractivity contribution in [1.29, 1.82) is 0 Å². The highest BCUT2D eigenvalue weighted by Crippen LogP contribution is 2.35. The van der Waals surface area contributed by atoms with Gasteiger partial charge in [0, 0.05) is 25.6 Å². The van der Waals surface area contributed by atoms with Crippen LogP contribution in [-0.4, -0.2) is 53.7 Å². The number of aliphatic imine (C=N–C) groups is 1. The quantitative estimate of drug-likeness (QED) is 0.246. The minimum absolute atomic E-state index is 0.170. The van der Waals surface area contributed by atoms with Crippen LogP contribution in [0.15, 0.2) is 65.7 Å². The van der Waals surface area contributed by atoms with Crippen molar-refractivity contribution in [3.8, 4) is 11.1 Å². The number of hydrogen-bond acceptors (Lipinski definition) is 4. The van der Waals surface area contributed by atoms with Crippen molar-refractivity contribution in [2.24, 2.45) is 4.99 Å². The lowest BCUT2D eigenvalue weighted by Crippen LogP contribution is -2.34. The summed E-state index contributed by atoms with van der Waals surface area (Å²) in [6.07, 6.45) is 0.429. The lowest BCUT2D eigenvalue weighted by molar-refractivity contribution is -0.0227. The Labute approximate surface area is 234 Å². The summed E-state index contributed by atoms with van der Waals surface area (Å²) in [4.78, 5) is 19.8. The molecular formula is C32H37F2N3O3. The SMILES string of the molecule is CCC(C)(C)OCCN(C)C(C)=Nc1ccc2c(c1)[C@@H](NC(=O)c1ccc(-c3ccccc3F)cc1F)[C@H](O)C2. The second-order valence-electron chi connectivity index (χ2n) is 10.8. The molecule has 6 nitrogen and oxygen atoms in total. The first-order valence-electron chi connectivity index (χ1n) is 13.6. The predicted octanol–water partition coefficient (Wildman–Crippen LogP) is 6.21. The van der Waals surface area contributed by atoms with Crippen molar-refractivity contribution < 1.29 is 23.4 Å². The highest BCUT2D eigenvalue weighted by Gasteiger charge is 2.33. The number of nitrogens with one attached hydrogen (secondary N) is 1. The predicted molar refractivity (Wildman–Crippen MR) is 154 cm³/mol. The average molecular weight is 550 g/mol. The molecule has 3 aromatic rings. The summed E-state index contributed by atoms with van der Waals surface area (Å²) in [6, 6.07) is 15.0. The largest absolute Gasteiger partial charge is 0.390 e. The van der Waals surface area contributed by atoms with Gasteiger partial charge in [0.05, 0.1) is 35.6 Å². The number of aliphatic hydroxyl groups is 1. The number of halogens is 2. The Kier molecular flexibility index (Phi) is 9.01. The summed E-state index contributed by atoms with van der Waals surface area (Å²) < 4.78 is 35.0. The van der Waals surface area contributed by atoms with Gasteiger partial charge in [-0.25, -0.2) is 13.8 Å². The van der Waals surface area contributed by atoms with Gasteiger partial charge in [0.15, 0.2) is 0 Å². The Morgan fingerprint density at radius 2 is 1.88 bits per heavy atom. The third-order valence-corrected chi connectivity index (χ3v) is 7.58. The number of hydrogen-bond donors (Lipinski definition) is 2. The standard InChI is InChI=1S/C32H37F2N3O3/c1-6-32(3,4)40-16-15-37(5)20(2)35-23-13-11-22-18-29(38)30(26(22)19-23)36-31(39)25-14-12-21(17-28(25)34)24-9-7-8-10-27(24)33/h7-14,17,19,29-30,38H,6,15-16,18H2,1-5H3,(H,36,39)/t29-,30-/m1/s1. The molecule has 1 amide bonds. The number of likely N-dealkylation sites (N-methyl/N-ethyl adjacent to an activating group) is 1. The first-order chi connectivity index (χ1) is 19.0. The minimum Gasteiger partial charge on any atom is -0.390 e. The van der Waals surface area contributed by atoms with E-state index >= 15 is 0 Å². The lowest BCUT2D eigenvalue weighted by Gasteiger charge is -2.26. The molecule has 0 radical (unpaired) electrons. The van der Waals surface area contributed by atoms with E-state index < -0.39 is 29.7 Å². The number of carbonyl (C=O) groups is 1. The topological polar surface area (TPSA) is 74.2 Å². The molecule has 4 rings (SSSR count).